The Morgan fingerprint density at radius 3 is 2.53 bits per heavy atom. The summed E-state index contributed by atoms with van der Waals surface area (Å²) in [5.41, 5.74) is 0. The number of esters is 1. The van der Waals surface area contributed by atoms with E-state index in [0.29, 0.717) is 12.3 Å². The quantitative estimate of drug-likeness (QED) is 0.371. The van der Waals surface area contributed by atoms with Crippen LogP contribution < -0.4 is 0 Å². The molecule has 0 aliphatic rings. The van der Waals surface area contributed by atoms with E-state index in [1.807, 2.05) is 13.8 Å². The molecule has 2 unspecified atom stereocenters. The Morgan fingerprint density at radius 1 is 1.53 bits per heavy atom. The maximum absolute atomic E-state index is 11.0. The number of carbonyl (C=O) groups excluding carboxylic acids is 1. The summed E-state index contributed by atoms with van der Waals surface area (Å²) in [4.78, 5) is 21.1. The first-order valence-corrected chi connectivity index (χ1v) is 5.18. The van der Waals surface area contributed by atoms with Crippen LogP contribution in [0.1, 0.15) is 33.1 Å². The maximum atomic E-state index is 11.0. The van der Waals surface area contributed by atoms with E-state index in [2.05, 4.69) is 4.74 Å². The summed E-state index contributed by atoms with van der Waals surface area (Å²) in [5.74, 6) is -0.174. The average Bonchev–Trinajstić information content (AvgIpc) is 2.16. The van der Waals surface area contributed by atoms with Crippen molar-refractivity contribution in [1.82, 2.24) is 0 Å². The van der Waals surface area contributed by atoms with Crippen LogP contribution in [0.3, 0.4) is 0 Å². The summed E-state index contributed by atoms with van der Waals surface area (Å²) in [7, 11) is 1.30. The van der Waals surface area contributed by atoms with Gasteiger partial charge in [-0.05, 0) is 12.3 Å². The van der Waals surface area contributed by atoms with Gasteiger partial charge in [0.15, 0.2) is 0 Å². The lowest BCUT2D eigenvalue weighted by Crippen LogP contribution is -2.20. The van der Waals surface area contributed by atoms with Crippen LogP contribution >= 0.6 is 0 Å². The molecule has 0 radical (unpaired) electrons. The number of rotatable bonds is 7. The molecule has 0 rings (SSSR count). The van der Waals surface area contributed by atoms with Crippen molar-refractivity contribution < 1.29 is 14.5 Å². The minimum Gasteiger partial charge on any atom is -0.469 e. The van der Waals surface area contributed by atoms with Crippen molar-refractivity contribution in [3.63, 3.8) is 0 Å². The first-order chi connectivity index (χ1) is 6.99. The Balaban J connectivity index is 4.17. The van der Waals surface area contributed by atoms with Crippen molar-refractivity contribution >= 4 is 5.97 Å². The Kier molecular flexibility index (Phi) is 6.66. The van der Waals surface area contributed by atoms with Crippen LogP contribution in [-0.4, -0.2) is 24.5 Å². The molecule has 0 fully saturated rings. The van der Waals surface area contributed by atoms with E-state index in [-0.39, 0.29) is 29.8 Å². The van der Waals surface area contributed by atoms with Gasteiger partial charge in [-0.1, -0.05) is 20.3 Å². The van der Waals surface area contributed by atoms with Gasteiger partial charge in [0.2, 0.25) is 6.54 Å². The highest BCUT2D eigenvalue weighted by atomic mass is 16.6. The molecule has 15 heavy (non-hydrogen) atoms. The second-order valence-corrected chi connectivity index (χ2v) is 3.91. The predicted molar refractivity (Wildman–Crippen MR) is 56.1 cm³/mol. The summed E-state index contributed by atoms with van der Waals surface area (Å²) in [6, 6.07) is 0. The molecular formula is C10H19NO4. The zero-order valence-corrected chi connectivity index (χ0v) is 9.56. The number of methoxy groups -OCH3 is 1. The number of ether oxygens (including phenoxy) is 1. The fourth-order valence-electron chi connectivity index (χ4n) is 1.49. The van der Waals surface area contributed by atoms with Crippen LogP contribution in [0.5, 0.6) is 0 Å². The molecule has 0 heterocycles. The van der Waals surface area contributed by atoms with Gasteiger partial charge in [-0.15, -0.1) is 0 Å². The molecule has 0 aliphatic carbocycles. The van der Waals surface area contributed by atoms with E-state index < -0.39 is 0 Å². The lowest BCUT2D eigenvalue weighted by atomic mass is 9.92. The van der Waals surface area contributed by atoms with E-state index in [1.54, 1.807) is 0 Å². The number of hydrogen-bond donors (Lipinski definition) is 0. The molecule has 0 saturated heterocycles. The molecule has 0 bridgehead atoms. The van der Waals surface area contributed by atoms with Crippen LogP contribution in [0, 0.1) is 22.0 Å². The lowest BCUT2D eigenvalue weighted by molar-refractivity contribution is -0.488. The van der Waals surface area contributed by atoms with Gasteiger partial charge in [0, 0.05) is 10.8 Å². The second-order valence-electron chi connectivity index (χ2n) is 3.91. The third-order valence-electron chi connectivity index (χ3n) is 2.52. The molecule has 0 aliphatic heterocycles. The van der Waals surface area contributed by atoms with Crippen molar-refractivity contribution in [3.8, 4) is 0 Å². The largest absolute Gasteiger partial charge is 0.469 e. The first-order valence-electron chi connectivity index (χ1n) is 5.18. The number of nitro groups is 1. The summed E-state index contributed by atoms with van der Waals surface area (Å²) in [5, 5.41) is 10.4. The standard InChI is InChI=1S/C10H19NO4/c1-4-8(2)5-9(7-11(13)14)6-10(12)15-3/h8-9H,4-7H2,1-3H3. The molecular weight excluding hydrogens is 198 g/mol. The molecule has 0 aromatic heterocycles. The van der Waals surface area contributed by atoms with Crippen LogP contribution in [0.4, 0.5) is 0 Å². The third-order valence-corrected chi connectivity index (χ3v) is 2.52. The molecule has 0 amide bonds. The SMILES string of the molecule is CCC(C)CC(CC(=O)OC)C[N+](=O)[O-]. The van der Waals surface area contributed by atoms with E-state index in [1.165, 1.54) is 7.11 Å². The third kappa shape index (κ3) is 6.88. The monoisotopic (exact) mass is 217 g/mol. The van der Waals surface area contributed by atoms with Crippen molar-refractivity contribution in [3.05, 3.63) is 10.1 Å². The lowest BCUT2D eigenvalue weighted by Gasteiger charge is -2.15. The average molecular weight is 217 g/mol. The second kappa shape index (κ2) is 7.20. The molecule has 5 nitrogen and oxygen atoms in total. The smallest absolute Gasteiger partial charge is 0.306 e. The molecule has 0 saturated carbocycles. The van der Waals surface area contributed by atoms with Crippen LogP contribution in [-0.2, 0) is 9.53 Å². The van der Waals surface area contributed by atoms with Gasteiger partial charge >= 0.3 is 5.97 Å². The highest BCUT2D eigenvalue weighted by Crippen LogP contribution is 2.18. The normalized spacial score (nSPS) is 14.3. The minimum absolute atomic E-state index is 0.141. The first kappa shape index (κ1) is 13.9. The van der Waals surface area contributed by atoms with Crippen molar-refractivity contribution in [2.45, 2.75) is 33.1 Å². The van der Waals surface area contributed by atoms with E-state index >= 15 is 0 Å². The topological polar surface area (TPSA) is 69.4 Å². The van der Waals surface area contributed by atoms with Crippen molar-refractivity contribution in [1.29, 1.82) is 0 Å². The summed E-state index contributed by atoms with van der Waals surface area (Å²) in [6.45, 7) is 3.91. The van der Waals surface area contributed by atoms with Crippen LogP contribution in [0.2, 0.25) is 0 Å². The van der Waals surface area contributed by atoms with E-state index in [0.717, 1.165) is 6.42 Å². The molecule has 88 valence electrons. The molecule has 0 N–H and O–H groups in total. The van der Waals surface area contributed by atoms with Gasteiger partial charge in [0.25, 0.3) is 0 Å². The predicted octanol–water partition coefficient (Wildman–Crippen LogP) is 1.88. The van der Waals surface area contributed by atoms with Crippen molar-refractivity contribution in [2.75, 3.05) is 13.7 Å². The zero-order chi connectivity index (χ0) is 11.8. The fraction of sp³-hybridized carbons (Fsp3) is 0.900. The van der Waals surface area contributed by atoms with E-state index in [4.69, 9.17) is 0 Å². The number of nitrogens with zero attached hydrogens (tertiary/aromatic N) is 1. The number of carbonyl (C=O) groups is 1. The van der Waals surface area contributed by atoms with Gasteiger partial charge in [-0.3, -0.25) is 14.9 Å². The zero-order valence-electron chi connectivity index (χ0n) is 9.56. The highest BCUT2D eigenvalue weighted by molar-refractivity contribution is 5.69. The highest BCUT2D eigenvalue weighted by Gasteiger charge is 2.21. The van der Waals surface area contributed by atoms with Gasteiger partial charge in [0.1, 0.15) is 0 Å². The minimum atomic E-state index is -0.370. The van der Waals surface area contributed by atoms with Crippen LogP contribution in [0.15, 0.2) is 0 Å². The van der Waals surface area contributed by atoms with Gasteiger partial charge in [0.05, 0.1) is 13.5 Å². The Morgan fingerprint density at radius 2 is 2.13 bits per heavy atom. The Hall–Kier alpha value is -1.13. The summed E-state index contributed by atoms with van der Waals surface area (Å²) in [6.07, 6.45) is 1.81. The summed E-state index contributed by atoms with van der Waals surface area (Å²) >= 11 is 0. The van der Waals surface area contributed by atoms with Crippen molar-refractivity contribution in [2.24, 2.45) is 11.8 Å². The summed E-state index contributed by atoms with van der Waals surface area (Å²) < 4.78 is 4.52. The molecule has 0 aromatic rings. The molecule has 0 spiro atoms. The van der Waals surface area contributed by atoms with E-state index in [9.17, 15) is 14.9 Å². The fourth-order valence-corrected chi connectivity index (χ4v) is 1.49. The van der Waals surface area contributed by atoms with Crippen LogP contribution in [0.25, 0.3) is 0 Å². The van der Waals surface area contributed by atoms with Gasteiger partial charge in [-0.25, -0.2) is 0 Å². The maximum Gasteiger partial charge on any atom is 0.306 e. The molecule has 5 heteroatoms. The number of hydrogen-bond acceptors (Lipinski definition) is 4. The Bertz CT molecular complexity index is 217. The Labute approximate surface area is 90.0 Å². The van der Waals surface area contributed by atoms with Gasteiger partial charge in [-0.2, -0.15) is 0 Å². The molecule has 2 atom stereocenters. The molecule has 0 aromatic carbocycles. The van der Waals surface area contributed by atoms with Gasteiger partial charge < -0.3 is 4.74 Å².